The molecule has 0 atom stereocenters. The van der Waals surface area contributed by atoms with Gasteiger partial charge in [0.1, 0.15) is 0 Å². The summed E-state index contributed by atoms with van der Waals surface area (Å²) in [5.74, 6) is -19.6. The van der Waals surface area contributed by atoms with E-state index in [1.807, 2.05) is 0 Å². The zero-order valence-corrected chi connectivity index (χ0v) is 48.2. The van der Waals surface area contributed by atoms with Crippen LogP contribution >= 0.6 is 0 Å². The van der Waals surface area contributed by atoms with Crippen molar-refractivity contribution in [1.82, 2.24) is 39.2 Å². The van der Waals surface area contributed by atoms with Crippen LogP contribution in [0.4, 0.5) is 0 Å². The second-order valence-corrected chi connectivity index (χ2v) is 16.0. The third kappa shape index (κ3) is 64.0. The molecule has 0 bridgehead atoms. The van der Waals surface area contributed by atoms with Crippen molar-refractivity contribution in [3.8, 4) is 0 Å². The van der Waals surface area contributed by atoms with Crippen molar-refractivity contribution >= 4 is 95.5 Å². The summed E-state index contributed by atoms with van der Waals surface area (Å²) >= 11 is 0. The van der Waals surface area contributed by atoms with Crippen molar-refractivity contribution in [2.45, 2.75) is 0 Å². The van der Waals surface area contributed by atoms with Crippen LogP contribution in [0.2, 0.25) is 0 Å². The van der Waals surface area contributed by atoms with E-state index in [1.165, 1.54) is 0 Å². The van der Waals surface area contributed by atoms with E-state index < -0.39 is 200 Å². The number of rotatable bonds is 44. The van der Waals surface area contributed by atoms with Gasteiger partial charge in [-0.25, -0.2) is 0 Å². The summed E-state index contributed by atoms with van der Waals surface area (Å²) in [6, 6.07) is 0. The van der Waals surface area contributed by atoms with Crippen LogP contribution in [-0.2, 0) is 76.7 Å². The van der Waals surface area contributed by atoms with E-state index in [-0.39, 0.29) is 114 Å². The monoisotopic (exact) mass is 1220 g/mol. The molecule has 0 radical (unpaired) electrons. The van der Waals surface area contributed by atoms with Crippen molar-refractivity contribution in [3.63, 3.8) is 0 Å². The van der Waals surface area contributed by atoms with Crippen LogP contribution in [-0.4, -0.2) is 373 Å². The van der Waals surface area contributed by atoms with Gasteiger partial charge in [0.05, 0.1) is 105 Å². The molecule has 0 aromatic carbocycles. The molecule has 0 spiro atoms. The van der Waals surface area contributed by atoms with Crippen molar-refractivity contribution in [1.29, 1.82) is 0 Å². The Morgan fingerprint density at radius 3 is 0.244 bits per heavy atom. The van der Waals surface area contributed by atoms with E-state index in [0.717, 1.165) is 39.2 Å². The molecule has 16 N–H and O–H groups in total. The van der Waals surface area contributed by atoms with Gasteiger partial charge in [0.2, 0.25) is 0 Å². The summed E-state index contributed by atoms with van der Waals surface area (Å²) < 4.78 is 0. The first kappa shape index (κ1) is 86.5. The van der Waals surface area contributed by atoms with E-state index in [2.05, 4.69) is 0 Å². The summed E-state index contributed by atoms with van der Waals surface area (Å²) in [7, 11) is 0. The van der Waals surface area contributed by atoms with Gasteiger partial charge < -0.3 is 84.6 Å². The SMILES string of the molecule is O=C(O)CN(CCN(CC(=O)O)CC(=O)O)CC(=O)O.O=C(O)CN(CCN(CC(=O)O)CC(=O)O)CC(=O)O.O=C(O)CN(CCN(CC(=O)O)CC(=O)O)CC(=O)O.O=C(O)CN(CCN(CC(=O)O)CC(=O)O)CC(=O)O.[H-].[H-].[Na+].[Na+]. The molecule has 0 saturated carbocycles. The van der Waals surface area contributed by atoms with Crippen LogP contribution in [0.1, 0.15) is 2.85 Å². The molecule has 0 aliphatic heterocycles. The standard InChI is InChI=1S/4C10H16N2O8.2Na.2H/c4*13-7(14)3-11(4-8(15)16)1-2-12(5-9(17)18)6-10(19)20;;;;/h4*1-6H2,(H,13,14)(H,15,16)(H,17,18)(H,19,20);;;;/q;;;;2*+1;2*-1. The Hall–Kier alpha value is -6.80. The number of carboxylic acids is 16. The number of hydrogen-bond acceptors (Lipinski definition) is 24. The Morgan fingerprint density at radius 1 is 0.159 bits per heavy atom. The molecular formula is C40H66N8Na2O32. The predicted molar refractivity (Wildman–Crippen MR) is 256 cm³/mol. The van der Waals surface area contributed by atoms with Gasteiger partial charge in [0, 0.05) is 52.4 Å². The molecule has 0 aromatic rings. The average molecular weight is 1220 g/mol. The maximum absolute atomic E-state index is 10.6. The molecular weight excluding hydrogens is 1150 g/mol. The van der Waals surface area contributed by atoms with Gasteiger partial charge in [-0.15, -0.1) is 0 Å². The van der Waals surface area contributed by atoms with Gasteiger partial charge in [0.25, 0.3) is 0 Å². The van der Waals surface area contributed by atoms with E-state index in [0.29, 0.717) is 0 Å². The summed E-state index contributed by atoms with van der Waals surface area (Å²) in [4.78, 5) is 177. The van der Waals surface area contributed by atoms with Gasteiger partial charge >= 0.3 is 155 Å². The molecule has 0 amide bonds. The molecule has 40 nitrogen and oxygen atoms in total. The summed E-state index contributed by atoms with van der Waals surface area (Å²) in [6.45, 7) is -9.00. The quantitative estimate of drug-likeness (QED) is 0.0252. The van der Waals surface area contributed by atoms with Crippen LogP contribution in [0.25, 0.3) is 0 Å². The Kier molecular flexibility index (Phi) is 52.7. The Bertz CT molecular complexity index is 1580. The van der Waals surface area contributed by atoms with Crippen LogP contribution < -0.4 is 59.1 Å². The maximum Gasteiger partial charge on any atom is 1.00 e. The normalized spacial score (nSPS) is 10.4. The zero-order valence-electron chi connectivity index (χ0n) is 46.2. The Labute approximate surface area is 509 Å². The first-order chi connectivity index (χ1) is 36.8. The van der Waals surface area contributed by atoms with E-state index in [4.69, 9.17) is 81.7 Å². The maximum atomic E-state index is 10.6. The second-order valence-electron chi connectivity index (χ2n) is 16.0. The van der Waals surface area contributed by atoms with Gasteiger partial charge in [0.15, 0.2) is 0 Å². The summed E-state index contributed by atoms with van der Waals surface area (Å²) in [5.41, 5.74) is 0. The summed E-state index contributed by atoms with van der Waals surface area (Å²) in [5, 5.41) is 138. The fraction of sp³-hybridized carbons (Fsp3) is 0.600. The van der Waals surface area contributed by atoms with Crippen LogP contribution in [0.3, 0.4) is 0 Å². The van der Waals surface area contributed by atoms with Crippen molar-refractivity contribution < 1.29 is 220 Å². The molecule has 0 saturated heterocycles. The minimum absolute atomic E-state index is 0. The molecule has 460 valence electrons. The molecule has 42 heteroatoms. The Balaban J connectivity index is -0.000000150. The number of carbonyl (C=O) groups is 16. The van der Waals surface area contributed by atoms with E-state index in [1.54, 1.807) is 0 Å². The summed E-state index contributed by atoms with van der Waals surface area (Å²) in [6.07, 6.45) is 0. The van der Waals surface area contributed by atoms with Crippen molar-refractivity contribution in [2.75, 3.05) is 157 Å². The minimum Gasteiger partial charge on any atom is -1.00 e. The topological polar surface area (TPSA) is 623 Å². The van der Waals surface area contributed by atoms with Gasteiger partial charge in [-0.3, -0.25) is 116 Å². The molecule has 0 aliphatic carbocycles. The van der Waals surface area contributed by atoms with E-state index >= 15 is 0 Å². The molecule has 82 heavy (non-hydrogen) atoms. The van der Waals surface area contributed by atoms with Gasteiger partial charge in [-0.05, 0) is 0 Å². The van der Waals surface area contributed by atoms with Crippen molar-refractivity contribution in [3.05, 3.63) is 0 Å². The second kappa shape index (κ2) is 50.0. The number of aliphatic carboxylic acids is 16. The third-order valence-corrected chi connectivity index (χ3v) is 8.67. The van der Waals surface area contributed by atoms with Crippen LogP contribution in [0.15, 0.2) is 0 Å². The third-order valence-electron chi connectivity index (χ3n) is 8.67. The van der Waals surface area contributed by atoms with Crippen molar-refractivity contribution in [2.24, 2.45) is 0 Å². The van der Waals surface area contributed by atoms with E-state index in [9.17, 15) is 76.7 Å². The zero-order chi connectivity index (χ0) is 62.8. The molecule has 0 fully saturated rings. The predicted octanol–water partition coefficient (Wildman–Crippen LogP) is -14.1. The molecule has 0 heterocycles. The molecule has 0 aromatic heterocycles. The minimum atomic E-state index is -1.23. The fourth-order valence-electron chi connectivity index (χ4n) is 5.90. The fourth-order valence-corrected chi connectivity index (χ4v) is 5.90. The number of carboxylic acid groups (broad SMARTS) is 16. The van der Waals surface area contributed by atoms with Crippen LogP contribution in [0.5, 0.6) is 0 Å². The molecule has 0 aliphatic rings. The first-order valence-electron chi connectivity index (χ1n) is 22.1. The first-order valence-corrected chi connectivity index (χ1v) is 22.1. The van der Waals surface area contributed by atoms with Gasteiger partial charge in [-0.2, -0.15) is 0 Å². The molecule has 0 unspecified atom stereocenters. The average Bonchev–Trinajstić information content (AvgIpc) is 3.23. The largest absolute Gasteiger partial charge is 1.00 e. The number of hydrogen-bond donors (Lipinski definition) is 16. The molecule has 0 rings (SSSR count). The Morgan fingerprint density at radius 2 is 0.207 bits per heavy atom. The number of nitrogens with zero attached hydrogens (tertiary/aromatic N) is 8. The smallest absolute Gasteiger partial charge is 1.00 e. The van der Waals surface area contributed by atoms with Crippen LogP contribution in [0, 0.1) is 0 Å². The van der Waals surface area contributed by atoms with Gasteiger partial charge in [-0.1, -0.05) is 0 Å².